The molecule has 0 spiro atoms. The van der Waals surface area contributed by atoms with Crippen molar-refractivity contribution in [1.82, 2.24) is 0 Å². The lowest BCUT2D eigenvalue weighted by molar-refractivity contribution is -0.870. The molecule has 0 aliphatic carbocycles. The van der Waals surface area contributed by atoms with Crippen LogP contribution in [0, 0.1) is 0 Å². The standard InChI is InChI=1S/C72H122NO8P/c1-6-8-10-12-14-16-18-20-22-24-25-26-27-28-29-30-31-32-33-34-35-36-37-38-39-40-41-42-43-44-45-46-47-49-51-53-55-57-59-61-63-65-72(75)81-70(69-80-82(76,77)79-67-66-73(3,4)5)68-78-71(74)64-62-60-58-56-54-52-50-48-23-21-19-17-15-13-11-9-7-2/h8-11,14-17,20-23,25-26,28-29,31-32,34-35,37-38,70H,6-7,12-13,18-19,24,27,30,33,36,39-69H2,1-5H3/p+1/b10-8-,11-9-,16-14-,17-15-,22-20-,23-21-,26-25-,29-28-,32-31-,35-34-,38-37-. The molecule has 0 aromatic heterocycles. The number of carbonyl (C=O) groups is 2. The predicted octanol–water partition coefficient (Wildman–Crippen LogP) is 21.3. The highest BCUT2D eigenvalue weighted by atomic mass is 31.2. The maximum absolute atomic E-state index is 12.8. The van der Waals surface area contributed by atoms with Gasteiger partial charge in [0.1, 0.15) is 19.8 Å². The van der Waals surface area contributed by atoms with E-state index in [1.807, 2.05) is 21.1 Å². The van der Waals surface area contributed by atoms with E-state index in [2.05, 4.69) is 148 Å². The Morgan fingerprint density at radius 1 is 0.378 bits per heavy atom. The first-order valence-corrected chi connectivity index (χ1v) is 34.4. The zero-order chi connectivity index (χ0) is 59.8. The normalized spacial score (nSPS) is 14.1. The summed E-state index contributed by atoms with van der Waals surface area (Å²) in [6, 6.07) is 0. The summed E-state index contributed by atoms with van der Waals surface area (Å²) in [5.41, 5.74) is 0. The van der Waals surface area contributed by atoms with Crippen molar-refractivity contribution in [3.8, 4) is 0 Å². The largest absolute Gasteiger partial charge is 0.472 e. The quantitative estimate of drug-likeness (QED) is 0.0211. The number of quaternary nitrogens is 1. The van der Waals surface area contributed by atoms with E-state index in [4.69, 9.17) is 18.5 Å². The first kappa shape index (κ1) is 78.1. The molecule has 0 saturated carbocycles. The summed E-state index contributed by atoms with van der Waals surface area (Å²) >= 11 is 0. The van der Waals surface area contributed by atoms with Crippen LogP contribution in [-0.4, -0.2) is 74.9 Å². The molecule has 0 bridgehead atoms. The van der Waals surface area contributed by atoms with E-state index in [1.165, 1.54) is 103 Å². The van der Waals surface area contributed by atoms with Crippen LogP contribution in [0.25, 0.3) is 0 Å². The van der Waals surface area contributed by atoms with Gasteiger partial charge in [0.15, 0.2) is 6.10 Å². The minimum Gasteiger partial charge on any atom is -0.462 e. The zero-order valence-corrected chi connectivity index (χ0v) is 54.1. The smallest absolute Gasteiger partial charge is 0.462 e. The number of hydrogen-bond donors (Lipinski definition) is 1. The van der Waals surface area contributed by atoms with Gasteiger partial charge in [0.25, 0.3) is 0 Å². The number of rotatable bonds is 59. The van der Waals surface area contributed by atoms with E-state index in [0.717, 1.165) is 122 Å². The molecular formula is C72H123NO8P+. The Bertz CT molecular complexity index is 1850. The van der Waals surface area contributed by atoms with Crippen LogP contribution >= 0.6 is 7.82 Å². The minimum atomic E-state index is -4.40. The Hall–Kier alpha value is -3.85. The predicted molar refractivity (Wildman–Crippen MR) is 353 cm³/mol. The first-order chi connectivity index (χ1) is 40.0. The Balaban J connectivity index is 4.01. The molecule has 468 valence electrons. The molecule has 1 N–H and O–H groups in total. The van der Waals surface area contributed by atoms with Gasteiger partial charge in [-0.15, -0.1) is 0 Å². The number of carbonyl (C=O) groups excluding carboxylic acids is 2. The third-order valence-electron chi connectivity index (χ3n) is 13.7. The average Bonchev–Trinajstić information content (AvgIpc) is 3.45. The Morgan fingerprint density at radius 2 is 0.659 bits per heavy atom. The lowest BCUT2D eigenvalue weighted by Crippen LogP contribution is -2.37. The Morgan fingerprint density at radius 3 is 0.976 bits per heavy atom. The second-order valence-electron chi connectivity index (χ2n) is 22.7. The van der Waals surface area contributed by atoms with Gasteiger partial charge >= 0.3 is 19.8 Å². The van der Waals surface area contributed by atoms with Crippen LogP contribution in [0.1, 0.15) is 258 Å². The zero-order valence-electron chi connectivity index (χ0n) is 53.2. The van der Waals surface area contributed by atoms with E-state index in [1.54, 1.807) is 0 Å². The summed E-state index contributed by atoms with van der Waals surface area (Å²) in [4.78, 5) is 35.7. The molecule has 0 aromatic carbocycles. The van der Waals surface area contributed by atoms with Crippen LogP contribution in [0.5, 0.6) is 0 Å². The van der Waals surface area contributed by atoms with E-state index in [0.29, 0.717) is 17.4 Å². The van der Waals surface area contributed by atoms with Crippen molar-refractivity contribution in [2.45, 2.75) is 264 Å². The number of esters is 2. The monoisotopic (exact) mass is 1160 g/mol. The number of hydrogen-bond acceptors (Lipinski definition) is 7. The lowest BCUT2D eigenvalue weighted by Gasteiger charge is -2.24. The van der Waals surface area contributed by atoms with Crippen molar-refractivity contribution < 1.29 is 42.1 Å². The van der Waals surface area contributed by atoms with Gasteiger partial charge in [-0.1, -0.05) is 270 Å². The molecule has 0 rings (SSSR count). The molecule has 0 aliphatic rings. The number of likely N-dealkylation sites (N-methyl/N-ethyl adjacent to an activating group) is 1. The molecule has 0 amide bonds. The number of phosphoric acid groups is 1. The van der Waals surface area contributed by atoms with Crippen LogP contribution in [0.4, 0.5) is 0 Å². The first-order valence-electron chi connectivity index (χ1n) is 32.9. The number of phosphoric ester groups is 1. The highest BCUT2D eigenvalue weighted by Gasteiger charge is 2.27. The van der Waals surface area contributed by atoms with Crippen molar-refractivity contribution in [3.05, 3.63) is 134 Å². The molecular weight excluding hydrogens is 1040 g/mol. The molecule has 0 aliphatic heterocycles. The summed E-state index contributed by atoms with van der Waals surface area (Å²) < 4.78 is 34.6. The summed E-state index contributed by atoms with van der Waals surface area (Å²) in [5, 5.41) is 0. The van der Waals surface area contributed by atoms with Gasteiger partial charge in [-0.3, -0.25) is 18.6 Å². The Labute approximate surface area is 504 Å². The molecule has 2 unspecified atom stereocenters. The number of allylic oxidation sites excluding steroid dienone is 22. The van der Waals surface area contributed by atoms with E-state index in [9.17, 15) is 19.0 Å². The van der Waals surface area contributed by atoms with E-state index < -0.39 is 26.5 Å². The molecule has 0 heterocycles. The molecule has 0 aromatic rings. The van der Waals surface area contributed by atoms with Crippen LogP contribution in [0.2, 0.25) is 0 Å². The van der Waals surface area contributed by atoms with Crippen LogP contribution in [0.3, 0.4) is 0 Å². The van der Waals surface area contributed by atoms with Crippen LogP contribution in [-0.2, 0) is 32.7 Å². The van der Waals surface area contributed by atoms with Gasteiger partial charge in [0.05, 0.1) is 27.7 Å². The molecule has 0 radical (unpaired) electrons. The molecule has 82 heavy (non-hydrogen) atoms. The SMILES string of the molecule is CC/C=C\C/C=C\C/C=C\C/C=C\C/C=C\C/C=C\C/C=C\C/C=C\CCCCCCCCCCCCCCCCCCC(=O)OC(COC(=O)CCCCCCCCC/C=C\C/C=C\C/C=C\CC)COP(=O)(O)OCC[N+](C)(C)C. The molecule has 10 heteroatoms. The summed E-state index contributed by atoms with van der Waals surface area (Å²) in [6.45, 7) is 4.20. The second kappa shape index (κ2) is 61.7. The van der Waals surface area contributed by atoms with Gasteiger partial charge in [0.2, 0.25) is 0 Å². The van der Waals surface area contributed by atoms with Gasteiger partial charge in [-0.05, 0) is 109 Å². The molecule has 9 nitrogen and oxygen atoms in total. The summed E-state index contributed by atoms with van der Waals surface area (Å²) in [5.74, 6) is -0.810. The van der Waals surface area contributed by atoms with Gasteiger partial charge in [-0.25, -0.2) is 4.57 Å². The molecule has 2 atom stereocenters. The summed E-state index contributed by atoms with van der Waals surface area (Å²) in [6.07, 6.45) is 89.8. The second-order valence-corrected chi connectivity index (χ2v) is 24.2. The van der Waals surface area contributed by atoms with Crippen molar-refractivity contribution >= 4 is 19.8 Å². The summed E-state index contributed by atoms with van der Waals surface area (Å²) in [7, 11) is 1.46. The number of nitrogens with zero attached hydrogens (tertiary/aromatic N) is 1. The van der Waals surface area contributed by atoms with Crippen LogP contribution in [0.15, 0.2) is 134 Å². The molecule has 0 fully saturated rings. The maximum Gasteiger partial charge on any atom is 0.472 e. The van der Waals surface area contributed by atoms with Crippen molar-refractivity contribution in [2.75, 3.05) is 47.5 Å². The fourth-order valence-corrected chi connectivity index (χ4v) is 9.44. The van der Waals surface area contributed by atoms with E-state index in [-0.39, 0.29) is 32.0 Å². The van der Waals surface area contributed by atoms with Gasteiger partial charge < -0.3 is 18.9 Å². The lowest BCUT2D eigenvalue weighted by atomic mass is 10.0. The topological polar surface area (TPSA) is 108 Å². The number of unbranched alkanes of at least 4 members (excludes halogenated alkanes) is 23. The van der Waals surface area contributed by atoms with Gasteiger partial charge in [-0.2, -0.15) is 0 Å². The van der Waals surface area contributed by atoms with Gasteiger partial charge in [0, 0.05) is 12.8 Å². The number of ether oxygens (including phenoxy) is 2. The van der Waals surface area contributed by atoms with Crippen LogP contribution < -0.4 is 0 Å². The highest BCUT2D eigenvalue weighted by Crippen LogP contribution is 2.43. The fraction of sp³-hybridized carbons (Fsp3) is 0.667. The van der Waals surface area contributed by atoms with Crippen molar-refractivity contribution in [2.24, 2.45) is 0 Å². The maximum atomic E-state index is 12.8. The third kappa shape index (κ3) is 65.3. The van der Waals surface area contributed by atoms with Crippen molar-refractivity contribution in [1.29, 1.82) is 0 Å². The highest BCUT2D eigenvalue weighted by molar-refractivity contribution is 7.47. The fourth-order valence-electron chi connectivity index (χ4n) is 8.69. The Kier molecular flexibility index (Phi) is 58.8. The van der Waals surface area contributed by atoms with E-state index >= 15 is 0 Å². The average molecular weight is 1160 g/mol. The molecule has 0 saturated heterocycles. The minimum absolute atomic E-state index is 0.0253. The third-order valence-corrected chi connectivity index (χ3v) is 14.7. The van der Waals surface area contributed by atoms with Crippen molar-refractivity contribution in [3.63, 3.8) is 0 Å².